The number of nitro groups is 1. The summed E-state index contributed by atoms with van der Waals surface area (Å²) < 4.78 is 0. The maximum absolute atomic E-state index is 10.9. The second kappa shape index (κ2) is 7.97. The highest BCUT2D eigenvalue weighted by Gasteiger charge is 2.14. The number of nitrogens with zero attached hydrogens (tertiary/aromatic N) is 2. The summed E-state index contributed by atoms with van der Waals surface area (Å²) >= 11 is 0. The lowest BCUT2D eigenvalue weighted by molar-refractivity contribution is -0.385. The Labute approximate surface area is 121 Å². The molecule has 0 bridgehead atoms. The molecule has 0 saturated carbocycles. The Balaban J connectivity index is 2.47. The van der Waals surface area contributed by atoms with Crippen molar-refractivity contribution in [3.05, 3.63) is 39.9 Å². The molecule has 0 atom stereocenters. The second-order valence-electron chi connectivity index (χ2n) is 5.49. The summed E-state index contributed by atoms with van der Waals surface area (Å²) in [6.45, 7) is 11.0. The van der Waals surface area contributed by atoms with Gasteiger partial charge in [-0.15, -0.1) is 0 Å². The summed E-state index contributed by atoms with van der Waals surface area (Å²) in [4.78, 5) is 13.0. The first-order valence-electron chi connectivity index (χ1n) is 7.12. The largest absolute Gasteiger partial charge is 0.311 e. The quantitative estimate of drug-likeness (QED) is 0.451. The Morgan fingerprint density at radius 3 is 2.35 bits per heavy atom. The number of hydrogen-bond acceptors (Lipinski definition) is 4. The maximum Gasteiger partial charge on any atom is 0.273 e. The van der Waals surface area contributed by atoms with Crippen molar-refractivity contribution in [2.24, 2.45) is 0 Å². The predicted octanol–water partition coefficient (Wildman–Crippen LogP) is 2.80. The third-order valence-electron chi connectivity index (χ3n) is 3.38. The molecule has 0 aliphatic rings. The van der Waals surface area contributed by atoms with Gasteiger partial charge in [-0.05, 0) is 27.7 Å². The topological polar surface area (TPSA) is 58.4 Å². The third-order valence-corrected chi connectivity index (χ3v) is 3.38. The van der Waals surface area contributed by atoms with Gasteiger partial charge in [0.15, 0.2) is 0 Å². The van der Waals surface area contributed by atoms with E-state index in [0.29, 0.717) is 18.6 Å². The molecule has 0 unspecified atom stereocenters. The zero-order valence-corrected chi connectivity index (χ0v) is 12.8. The van der Waals surface area contributed by atoms with Crippen molar-refractivity contribution < 1.29 is 4.92 Å². The summed E-state index contributed by atoms with van der Waals surface area (Å²) in [5.74, 6) is 0. The molecule has 0 aromatic heterocycles. The van der Waals surface area contributed by atoms with Gasteiger partial charge in [0.2, 0.25) is 0 Å². The van der Waals surface area contributed by atoms with E-state index in [1.807, 2.05) is 6.07 Å². The molecule has 0 aliphatic carbocycles. The van der Waals surface area contributed by atoms with Gasteiger partial charge in [0.1, 0.15) is 0 Å². The van der Waals surface area contributed by atoms with E-state index in [4.69, 9.17) is 0 Å². The monoisotopic (exact) mass is 279 g/mol. The highest BCUT2D eigenvalue weighted by Crippen LogP contribution is 2.16. The van der Waals surface area contributed by atoms with E-state index in [9.17, 15) is 10.1 Å². The van der Waals surface area contributed by atoms with Crippen molar-refractivity contribution >= 4 is 5.69 Å². The minimum absolute atomic E-state index is 0.185. The Hall–Kier alpha value is -1.46. The van der Waals surface area contributed by atoms with Crippen LogP contribution in [0.4, 0.5) is 5.69 Å². The fourth-order valence-electron chi connectivity index (χ4n) is 2.38. The van der Waals surface area contributed by atoms with Crippen LogP contribution in [0.15, 0.2) is 24.3 Å². The minimum Gasteiger partial charge on any atom is -0.311 e. The number of nitro benzene ring substituents is 1. The van der Waals surface area contributed by atoms with Crippen molar-refractivity contribution in [2.45, 2.75) is 46.3 Å². The fourth-order valence-corrected chi connectivity index (χ4v) is 2.38. The van der Waals surface area contributed by atoms with Crippen LogP contribution in [0.3, 0.4) is 0 Å². The normalized spacial score (nSPS) is 11.6. The van der Waals surface area contributed by atoms with Gasteiger partial charge in [0.05, 0.1) is 4.92 Å². The van der Waals surface area contributed by atoms with E-state index in [2.05, 4.69) is 37.9 Å². The van der Waals surface area contributed by atoms with Gasteiger partial charge in [0, 0.05) is 43.3 Å². The fraction of sp³-hybridized carbons (Fsp3) is 0.600. The van der Waals surface area contributed by atoms with Gasteiger partial charge in [-0.3, -0.25) is 15.0 Å². The standard InChI is InChI=1S/C15H25N3O2/c1-12(2)17(13(3)4)10-9-16-11-14-7-5-6-8-15(14)18(19)20/h5-8,12-13,16H,9-11H2,1-4H3. The molecule has 20 heavy (non-hydrogen) atoms. The van der Waals surface area contributed by atoms with Crippen molar-refractivity contribution in [3.63, 3.8) is 0 Å². The van der Waals surface area contributed by atoms with E-state index in [1.54, 1.807) is 18.2 Å². The molecule has 1 rings (SSSR count). The molecule has 0 heterocycles. The SMILES string of the molecule is CC(C)N(CCNCc1ccccc1[N+](=O)[O-])C(C)C. The predicted molar refractivity (Wildman–Crippen MR) is 81.8 cm³/mol. The summed E-state index contributed by atoms with van der Waals surface area (Å²) in [7, 11) is 0. The summed E-state index contributed by atoms with van der Waals surface area (Å²) in [5, 5.41) is 14.2. The van der Waals surface area contributed by atoms with E-state index in [0.717, 1.165) is 18.7 Å². The molecule has 0 spiro atoms. The molecule has 5 heteroatoms. The first-order valence-corrected chi connectivity index (χ1v) is 7.12. The third kappa shape index (κ3) is 4.90. The van der Waals surface area contributed by atoms with Gasteiger partial charge in [-0.2, -0.15) is 0 Å². The molecule has 1 N–H and O–H groups in total. The van der Waals surface area contributed by atoms with Crippen LogP contribution in [-0.2, 0) is 6.54 Å². The molecular formula is C15H25N3O2. The van der Waals surface area contributed by atoms with Gasteiger partial charge in [-0.1, -0.05) is 18.2 Å². The first kappa shape index (κ1) is 16.6. The van der Waals surface area contributed by atoms with Crippen molar-refractivity contribution in [2.75, 3.05) is 13.1 Å². The van der Waals surface area contributed by atoms with Gasteiger partial charge in [0.25, 0.3) is 5.69 Å². The van der Waals surface area contributed by atoms with Crippen LogP contribution >= 0.6 is 0 Å². The van der Waals surface area contributed by atoms with E-state index in [-0.39, 0.29) is 10.6 Å². The van der Waals surface area contributed by atoms with Crippen molar-refractivity contribution in [1.29, 1.82) is 0 Å². The zero-order valence-electron chi connectivity index (χ0n) is 12.8. The van der Waals surface area contributed by atoms with Crippen LogP contribution in [0.2, 0.25) is 0 Å². The Morgan fingerprint density at radius 1 is 1.20 bits per heavy atom. The average Bonchev–Trinajstić information content (AvgIpc) is 2.37. The number of hydrogen-bond donors (Lipinski definition) is 1. The van der Waals surface area contributed by atoms with Gasteiger partial charge in [-0.25, -0.2) is 0 Å². The molecule has 112 valence electrons. The van der Waals surface area contributed by atoms with Crippen LogP contribution in [0.25, 0.3) is 0 Å². The van der Waals surface area contributed by atoms with Crippen LogP contribution in [0.1, 0.15) is 33.3 Å². The lowest BCUT2D eigenvalue weighted by Gasteiger charge is -2.30. The van der Waals surface area contributed by atoms with Crippen LogP contribution in [0, 0.1) is 10.1 Å². The smallest absolute Gasteiger partial charge is 0.273 e. The molecule has 1 aromatic carbocycles. The molecular weight excluding hydrogens is 254 g/mol. The van der Waals surface area contributed by atoms with E-state index >= 15 is 0 Å². The maximum atomic E-state index is 10.9. The number of benzene rings is 1. The molecule has 0 fully saturated rings. The molecule has 0 saturated heterocycles. The van der Waals surface area contributed by atoms with E-state index < -0.39 is 0 Å². The summed E-state index contributed by atoms with van der Waals surface area (Å²) in [6.07, 6.45) is 0. The van der Waals surface area contributed by atoms with Crippen LogP contribution in [0.5, 0.6) is 0 Å². The first-order chi connectivity index (χ1) is 9.43. The van der Waals surface area contributed by atoms with Crippen LogP contribution < -0.4 is 5.32 Å². The lowest BCUT2D eigenvalue weighted by atomic mass is 10.2. The number of rotatable bonds is 8. The number of para-hydroxylation sites is 1. The molecule has 0 radical (unpaired) electrons. The summed E-state index contributed by atoms with van der Waals surface area (Å²) in [6, 6.07) is 7.88. The minimum atomic E-state index is -0.328. The Bertz CT molecular complexity index is 425. The Kier molecular flexibility index (Phi) is 6.61. The van der Waals surface area contributed by atoms with Gasteiger partial charge >= 0.3 is 0 Å². The van der Waals surface area contributed by atoms with E-state index in [1.165, 1.54) is 0 Å². The highest BCUT2D eigenvalue weighted by atomic mass is 16.6. The zero-order chi connectivity index (χ0) is 15.1. The van der Waals surface area contributed by atoms with Crippen LogP contribution in [-0.4, -0.2) is 35.0 Å². The second-order valence-corrected chi connectivity index (χ2v) is 5.49. The molecule has 1 aromatic rings. The molecule has 0 amide bonds. The molecule has 5 nitrogen and oxygen atoms in total. The van der Waals surface area contributed by atoms with Gasteiger partial charge < -0.3 is 5.32 Å². The highest BCUT2D eigenvalue weighted by molar-refractivity contribution is 5.39. The average molecular weight is 279 g/mol. The number of nitrogens with one attached hydrogen (secondary N) is 1. The van der Waals surface area contributed by atoms with Crippen molar-refractivity contribution in [3.8, 4) is 0 Å². The summed E-state index contributed by atoms with van der Waals surface area (Å²) in [5.41, 5.74) is 0.919. The lowest BCUT2D eigenvalue weighted by Crippen LogP contribution is -2.41. The molecule has 0 aliphatic heterocycles. The van der Waals surface area contributed by atoms with Crippen molar-refractivity contribution in [1.82, 2.24) is 10.2 Å². The Morgan fingerprint density at radius 2 is 1.80 bits per heavy atom.